The molecule has 0 saturated heterocycles. The summed E-state index contributed by atoms with van der Waals surface area (Å²) in [5.74, 6) is -0.895. The molecule has 0 bridgehead atoms. The summed E-state index contributed by atoms with van der Waals surface area (Å²) >= 11 is 0. The van der Waals surface area contributed by atoms with Crippen molar-refractivity contribution in [1.82, 2.24) is 14.1 Å². The first kappa shape index (κ1) is 19.3. The van der Waals surface area contributed by atoms with Gasteiger partial charge in [-0.2, -0.15) is 0 Å². The lowest BCUT2D eigenvalue weighted by Crippen LogP contribution is -2.28. The number of hydrogen-bond donors (Lipinski definition) is 1. The van der Waals surface area contributed by atoms with E-state index in [2.05, 4.69) is 10.3 Å². The first-order chi connectivity index (χ1) is 14.4. The van der Waals surface area contributed by atoms with Crippen molar-refractivity contribution in [2.75, 3.05) is 5.32 Å². The van der Waals surface area contributed by atoms with Gasteiger partial charge in [-0.25, -0.2) is 18.7 Å². The topological polar surface area (TPSA) is 86.0 Å². The van der Waals surface area contributed by atoms with Crippen LogP contribution in [-0.2, 0) is 11.3 Å². The summed E-state index contributed by atoms with van der Waals surface area (Å²) in [4.78, 5) is 41.3. The standard InChI is InChI=1S/C22H17FN4O3/c1-14(28)15-4-8-17(9-5-15)25-20(29)13-26-19-3-2-12-24-21(19)27(22(26)30)18-10-6-16(23)7-11-18/h2-12H,13H2,1H3,(H,25,29). The molecule has 150 valence electrons. The lowest BCUT2D eigenvalue weighted by atomic mass is 10.1. The number of fused-ring (bicyclic) bond motifs is 1. The largest absolute Gasteiger partial charge is 0.335 e. The fourth-order valence-corrected chi connectivity index (χ4v) is 3.19. The summed E-state index contributed by atoms with van der Waals surface area (Å²) in [6.07, 6.45) is 1.54. The predicted molar refractivity (Wildman–Crippen MR) is 110 cm³/mol. The van der Waals surface area contributed by atoms with Gasteiger partial charge in [0, 0.05) is 17.4 Å². The van der Waals surface area contributed by atoms with Crippen LogP contribution in [0.25, 0.3) is 16.9 Å². The van der Waals surface area contributed by atoms with Crippen LogP contribution in [0.2, 0.25) is 0 Å². The zero-order chi connectivity index (χ0) is 21.3. The Morgan fingerprint density at radius 1 is 1.03 bits per heavy atom. The summed E-state index contributed by atoms with van der Waals surface area (Å²) in [5, 5.41) is 2.72. The van der Waals surface area contributed by atoms with Gasteiger partial charge in [0.15, 0.2) is 11.4 Å². The Balaban J connectivity index is 1.66. The van der Waals surface area contributed by atoms with Crippen molar-refractivity contribution in [1.29, 1.82) is 0 Å². The predicted octanol–water partition coefficient (Wildman–Crippen LogP) is 3.17. The molecule has 0 aliphatic heterocycles. The Hall–Kier alpha value is -4.07. The van der Waals surface area contributed by atoms with Crippen molar-refractivity contribution in [3.8, 4) is 5.69 Å². The number of carbonyl (C=O) groups is 2. The first-order valence-corrected chi connectivity index (χ1v) is 9.17. The Kier molecular flexibility index (Phi) is 4.97. The van der Waals surface area contributed by atoms with E-state index < -0.39 is 17.4 Å². The summed E-state index contributed by atoms with van der Waals surface area (Å²) in [6, 6.07) is 15.3. The van der Waals surface area contributed by atoms with Crippen LogP contribution in [0.4, 0.5) is 10.1 Å². The van der Waals surface area contributed by atoms with E-state index in [0.717, 1.165) is 0 Å². The average molecular weight is 404 g/mol. The number of ketones is 1. The molecule has 2 aromatic carbocycles. The van der Waals surface area contributed by atoms with Crippen LogP contribution < -0.4 is 11.0 Å². The fourth-order valence-electron chi connectivity index (χ4n) is 3.19. The zero-order valence-electron chi connectivity index (χ0n) is 16.0. The Labute approximate surface area is 170 Å². The molecule has 8 heteroatoms. The number of halogens is 1. The van der Waals surface area contributed by atoms with E-state index in [1.165, 1.54) is 40.3 Å². The molecule has 0 radical (unpaired) electrons. The highest BCUT2D eigenvalue weighted by molar-refractivity contribution is 5.95. The number of hydrogen-bond acceptors (Lipinski definition) is 4. The number of nitrogens with one attached hydrogen (secondary N) is 1. The van der Waals surface area contributed by atoms with Crippen LogP contribution in [-0.4, -0.2) is 25.8 Å². The number of imidazole rings is 1. The number of carbonyl (C=O) groups excluding carboxylic acids is 2. The highest BCUT2D eigenvalue weighted by atomic mass is 19.1. The molecule has 0 atom stereocenters. The lowest BCUT2D eigenvalue weighted by molar-refractivity contribution is -0.116. The second-order valence-electron chi connectivity index (χ2n) is 6.71. The highest BCUT2D eigenvalue weighted by Gasteiger charge is 2.17. The Morgan fingerprint density at radius 2 is 1.73 bits per heavy atom. The average Bonchev–Trinajstić information content (AvgIpc) is 3.01. The minimum atomic E-state index is -0.461. The van der Waals surface area contributed by atoms with E-state index in [1.54, 1.807) is 42.6 Å². The highest BCUT2D eigenvalue weighted by Crippen LogP contribution is 2.16. The zero-order valence-corrected chi connectivity index (χ0v) is 16.0. The van der Waals surface area contributed by atoms with Gasteiger partial charge in [-0.1, -0.05) is 0 Å². The van der Waals surface area contributed by atoms with E-state index in [4.69, 9.17) is 0 Å². The number of aromatic nitrogens is 3. The molecule has 2 aromatic heterocycles. The van der Waals surface area contributed by atoms with Gasteiger partial charge >= 0.3 is 5.69 Å². The minimum absolute atomic E-state index is 0.0690. The maximum atomic E-state index is 13.3. The molecular formula is C22H17FN4O3. The molecule has 30 heavy (non-hydrogen) atoms. The van der Waals surface area contributed by atoms with Gasteiger partial charge in [-0.15, -0.1) is 0 Å². The van der Waals surface area contributed by atoms with Crippen molar-refractivity contribution in [3.63, 3.8) is 0 Å². The van der Waals surface area contributed by atoms with Crippen LogP contribution in [0.3, 0.4) is 0 Å². The summed E-state index contributed by atoms with van der Waals surface area (Å²) in [6.45, 7) is 1.23. The van der Waals surface area contributed by atoms with Crippen LogP contribution in [0.5, 0.6) is 0 Å². The third kappa shape index (κ3) is 3.62. The van der Waals surface area contributed by atoms with E-state index in [-0.39, 0.29) is 12.3 Å². The summed E-state index contributed by atoms with van der Waals surface area (Å²) in [7, 11) is 0. The van der Waals surface area contributed by atoms with Crippen LogP contribution in [0, 0.1) is 5.82 Å². The van der Waals surface area contributed by atoms with Gasteiger partial charge < -0.3 is 5.32 Å². The number of pyridine rings is 1. The third-order valence-electron chi connectivity index (χ3n) is 4.65. The molecule has 0 aliphatic carbocycles. The minimum Gasteiger partial charge on any atom is -0.325 e. The van der Waals surface area contributed by atoms with E-state index in [1.807, 2.05) is 0 Å². The number of anilines is 1. The van der Waals surface area contributed by atoms with Crippen molar-refractivity contribution in [3.05, 3.63) is 88.7 Å². The second-order valence-corrected chi connectivity index (χ2v) is 6.71. The number of benzene rings is 2. The molecule has 1 amide bonds. The molecular weight excluding hydrogens is 387 g/mol. The quantitative estimate of drug-likeness (QED) is 0.518. The molecule has 4 rings (SSSR count). The van der Waals surface area contributed by atoms with Gasteiger partial charge in [0.1, 0.15) is 12.4 Å². The molecule has 0 aliphatic rings. The molecule has 7 nitrogen and oxygen atoms in total. The lowest BCUT2D eigenvalue weighted by Gasteiger charge is -2.07. The molecule has 0 fully saturated rings. The van der Waals surface area contributed by atoms with Crippen molar-refractivity contribution in [2.24, 2.45) is 0 Å². The Bertz CT molecular complexity index is 1310. The molecule has 1 N–H and O–H groups in total. The van der Waals surface area contributed by atoms with Gasteiger partial charge in [0.25, 0.3) is 0 Å². The van der Waals surface area contributed by atoms with Gasteiger partial charge in [-0.3, -0.25) is 14.2 Å². The van der Waals surface area contributed by atoms with Gasteiger partial charge in [0.05, 0.1) is 11.2 Å². The number of rotatable bonds is 5. The normalized spacial score (nSPS) is 10.9. The molecule has 0 spiro atoms. The first-order valence-electron chi connectivity index (χ1n) is 9.17. The molecule has 4 aromatic rings. The summed E-state index contributed by atoms with van der Waals surface area (Å²) < 4.78 is 15.9. The number of nitrogens with zero attached hydrogens (tertiary/aromatic N) is 3. The van der Waals surface area contributed by atoms with Gasteiger partial charge in [0.2, 0.25) is 5.91 Å². The smallest absolute Gasteiger partial charge is 0.325 e. The third-order valence-corrected chi connectivity index (χ3v) is 4.65. The van der Waals surface area contributed by atoms with E-state index in [0.29, 0.717) is 28.1 Å². The van der Waals surface area contributed by atoms with Crippen molar-refractivity contribution >= 4 is 28.5 Å². The SMILES string of the molecule is CC(=O)c1ccc(NC(=O)Cn2c(=O)n(-c3ccc(F)cc3)c3ncccc32)cc1. The van der Waals surface area contributed by atoms with Crippen molar-refractivity contribution in [2.45, 2.75) is 13.5 Å². The van der Waals surface area contributed by atoms with Gasteiger partial charge in [-0.05, 0) is 67.6 Å². The summed E-state index contributed by atoms with van der Waals surface area (Å²) in [5.41, 5.74) is 1.89. The second kappa shape index (κ2) is 7.75. The molecule has 0 saturated carbocycles. The maximum Gasteiger partial charge on any atom is 0.335 e. The van der Waals surface area contributed by atoms with Crippen LogP contribution in [0.1, 0.15) is 17.3 Å². The number of amides is 1. The van der Waals surface area contributed by atoms with E-state index >= 15 is 0 Å². The molecule has 2 heterocycles. The monoisotopic (exact) mass is 404 g/mol. The van der Waals surface area contributed by atoms with Crippen LogP contribution >= 0.6 is 0 Å². The number of Topliss-reactive ketones (excluding diaryl/α,β-unsaturated/α-hetero) is 1. The maximum absolute atomic E-state index is 13.3. The molecule has 0 unspecified atom stereocenters. The fraction of sp³-hybridized carbons (Fsp3) is 0.0909. The van der Waals surface area contributed by atoms with Crippen LogP contribution in [0.15, 0.2) is 71.7 Å². The van der Waals surface area contributed by atoms with Crippen molar-refractivity contribution < 1.29 is 14.0 Å². The Morgan fingerprint density at radius 3 is 2.40 bits per heavy atom. The van der Waals surface area contributed by atoms with E-state index in [9.17, 15) is 18.8 Å².